The number of benzene rings is 2. The van der Waals surface area contributed by atoms with Gasteiger partial charge in [0.1, 0.15) is 24.0 Å². The van der Waals surface area contributed by atoms with Crippen LogP contribution in [0.1, 0.15) is 72.4 Å². The van der Waals surface area contributed by atoms with Crippen molar-refractivity contribution in [2.75, 3.05) is 0 Å². The van der Waals surface area contributed by atoms with Crippen molar-refractivity contribution < 1.29 is 33.4 Å². The van der Waals surface area contributed by atoms with Crippen molar-refractivity contribution >= 4 is 29.7 Å². The molecule has 2 aromatic rings. The number of nitrogens with zero attached hydrogens (tertiary/aromatic N) is 2. The molecular weight excluding hydrogens is 464 g/mol. The first kappa shape index (κ1) is 25.1. The Balaban J connectivity index is 1.57. The topological polar surface area (TPSA) is 110 Å². The number of hydrogen-bond acceptors (Lipinski definition) is 7. The van der Waals surface area contributed by atoms with E-state index >= 15 is 0 Å². The zero-order chi connectivity index (χ0) is 26.2. The lowest BCUT2D eigenvalue weighted by Gasteiger charge is -2.34. The molecule has 2 aliphatic rings. The molecule has 0 spiro atoms. The smallest absolute Gasteiger partial charge is 0.424 e. The van der Waals surface area contributed by atoms with E-state index in [1.165, 1.54) is 11.6 Å². The van der Waals surface area contributed by atoms with E-state index in [1.54, 1.807) is 32.9 Å². The van der Waals surface area contributed by atoms with Gasteiger partial charge in [0.05, 0.1) is 11.1 Å². The Morgan fingerprint density at radius 1 is 0.972 bits per heavy atom. The highest BCUT2D eigenvalue weighted by atomic mass is 16.6. The molecule has 2 aromatic carbocycles. The summed E-state index contributed by atoms with van der Waals surface area (Å²) in [6.45, 7) is 7.06. The Morgan fingerprint density at radius 2 is 1.64 bits per heavy atom. The summed E-state index contributed by atoms with van der Waals surface area (Å²) in [4.78, 5) is 65.9. The van der Waals surface area contributed by atoms with E-state index in [4.69, 9.17) is 9.47 Å². The molecule has 1 fully saturated rings. The SMILES string of the molecule is CCc1ccc(COc2cccc3c2C(=O)N(C2CCC(=O)N(C(=O)OC(C)(C)C)C2=O)C3=O)cc1. The van der Waals surface area contributed by atoms with Crippen LogP contribution in [-0.4, -0.2) is 51.2 Å². The number of ether oxygens (including phenoxy) is 2. The number of carbonyl (C=O) groups is 5. The normalized spacial score (nSPS) is 17.9. The number of likely N-dealkylation sites (tertiary alicyclic amines) is 1. The van der Waals surface area contributed by atoms with E-state index in [9.17, 15) is 24.0 Å². The van der Waals surface area contributed by atoms with Crippen LogP contribution >= 0.6 is 0 Å². The first-order valence-corrected chi connectivity index (χ1v) is 11.8. The monoisotopic (exact) mass is 492 g/mol. The molecular formula is C27H28N2O7. The Hall–Kier alpha value is -4.01. The molecule has 36 heavy (non-hydrogen) atoms. The van der Waals surface area contributed by atoms with Gasteiger partial charge in [-0.2, -0.15) is 4.90 Å². The third-order valence-corrected chi connectivity index (χ3v) is 6.01. The molecule has 4 rings (SSSR count). The third kappa shape index (κ3) is 4.73. The maximum Gasteiger partial charge on any atom is 0.424 e. The molecule has 0 N–H and O–H groups in total. The van der Waals surface area contributed by atoms with Gasteiger partial charge in [0, 0.05) is 6.42 Å². The summed E-state index contributed by atoms with van der Waals surface area (Å²) in [5, 5.41) is 0. The summed E-state index contributed by atoms with van der Waals surface area (Å²) >= 11 is 0. The van der Waals surface area contributed by atoms with E-state index in [0.29, 0.717) is 4.90 Å². The molecule has 2 aliphatic heterocycles. The van der Waals surface area contributed by atoms with Crippen LogP contribution in [0, 0.1) is 0 Å². The third-order valence-electron chi connectivity index (χ3n) is 6.01. The van der Waals surface area contributed by atoms with Crippen LogP contribution in [0.2, 0.25) is 0 Å². The summed E-state index contributed by atoms with van der Waals surface area (Å²) in [5.74, 6) is -2.86. The lowest BCUT2D eigenvalue weighted by atomic mass is 10.0. The number of aryl methyl sites for hydroxylation is 1. The van der Waals surface area contributed by atoms with Crippen molar-refractivity contribution in [3.8, 4) is 5.75 Å². The lowest BCUT2D eigenvalue weighted by molar-refractivity contribution is -0.149. The van der Waals surface area contributed by atoms with Crippen LogP contribution in [0.3, 0.4) is 0 Å². The molecule has 1 unspecified atom stereocenters. The van der Waals surface area contributed by atoms with Crippen molar-refractivity contribution in [2.24, 2.45) is 0 Å². The fourth-order valence-electron chi connectivity index (χ4n) is 4.21. The zero-order valence-electron chi connectivity index (χ0n) is 20.7. The number of imide groups is 4. The summed E-state index contributed by atoms with van der Waals surface area (Å²) < 4.78 is 11.1. The first-order chi connectivity index (χ1) is 17.0. The minimum absolute atomic E-state index is 0.0567. The predicted molar refractivity (Wildman–Crippen MR) is 128 cm³/mol. The highest BCUT2D eigenvalue weighted by Crippen LogP contribution is 2.35. The van der Waals surface area contributed by atoms with Crippen molar-refractivity contribution in [3.63, 3.8) is 0 Å². The molecule has 9 nitrogen and oxygen atoms in total. The molecule has 9 heteroatoms. The minimum Gasteiger partial charge on any atom is -0.488 e. The molecule has 0 bridgehead atoms. The maximum absolute atomic E-state index is 13.4. The summed E-state index contributed by atoms with van der Waals surface area (Å²) in [6.07, 6.45) is -0.490. The molecule has 188 valence electrons. The van der Waals surface area contributed by atoms with Gasteiger partial charge in [0.25, 0.3) is 17.7 Å². The van der Waals surface area contributed by atoms with Gasteiger partial charge in [0.15, 0.2) is 0 Å². The van der Waals surface area contributed by atoms with Gasteiger partial charge in [-0.25, -0.2) is 4.79 Å². The van der Waals surface area contributed by atoms with Crippen molar-refractivity contribution in [2.45, 2.75) is 65.2 Å². The van der Waals surface area contributed by atoms with Gasteiger partial charge in [-0.05, 0) is 56.9 Å². The Kier molecular flexibility index (Phi) is 6.67. The van der Waals surface area contributed by atoms with Crippen LogP contribution in [0.5, 0.6) is 5.75 Å². The van der Waals surface area contributed by atoms with Gasteiger partial charge in [-0.15, -0.1) is 0 Å². The average molecular weight is 493 g/mol. The number of piperidine rings is 1. The molecule has 0 saturated carbocycles. The summed E-state index contributed by atoms with van der Waals surface area (Å²) in [6, 6.07) is 11.2. The van der Waals surface area contributed by atoms with Crippen LogP contribution in [-0.2, 0) is 27.4 Å². The molecule has 1 atom stereocenters. The van der Waals surface area contributed by atoms with E-state index in [0.717, 1.165) is 16.9 Å². The molecule has 1 saturated heterocycles. The highest BCUT2D eigenvalue weighted by molar-refractivity contribution is 6.25. The van der Waals surface area contributed by atoms with Gasteiger partial charge in [0.2, 0.25) is 5.91 Å². The van der Waals surface area contributed by atoms with Crippen LogP contribution < -0.4 is 4.74 Å². The van der Waals surface area contributed by atoms with E-state index in [1.807, 2.05) is 24.3 Å². The molecule has 0 aromatic heterocycles. The van der Waals surface area contributed by atoms with Crippen molar-refractivity contribution in [1.29, 1.82) is 0 Å². The van der Waals surface area contributed by atoms with E-state index in [2.05, 4.69) is 6.92 Å². The highest BCUT2D eigenvalue weighted by Gasteiger charge is 2.50. The van der Waals surface area contributed by atoms with Gasteiger partial charge < -0.3 is 9.47 Å². The first-order valence-electron chi connectivity index (χ1n) is 11.8. The van der Waals surface area contributed by atoms with Gasteiger partial charge in [-0.1, -0.05) is 37.3 Å². The van der Waals surface area contributed by atoms with Crippen LogP contribution in [0.25, 0.3) is 0 Å². The van der Waals surface area contributed by atoms with Crippen molar-refractivity contribution in [3.05, 3.63) is 64.7 Å². The molecule has 0 radical (unpaired) electrons. The Morgan fingerprint density at radius 3 is 2.28 bits per heavy atom. The second-order valence-electron chi connectivity index (χ2n) is 9.72. The largest absolute Gasteiger partial charge is 0.488 e. The fourth-order valence-corrected chi connectivity index (χ4v) is 4.21. The summed E-state index contributed by atoms with van der Waals surface area (Å²) in [5.41, 5.74) is 1.30. The van der Waals surface area contributed by atoms with Crippen LogP contribution in [0.15, 0.2) is 42.5 Å². The fraction of sp³-hybridized carbons (Fsp3) is 0.370. The Bertz CT molecular complexity index is 1240. The summed E-state index contributed by atoms with van der Waals surface area (Å²) in [7, 11) is 0. The van der Waals surface area contributed by atoms with E-state index < -0.39 is 41.4 Å². The molecule has 2 heterocycles. The standard InChI is InChI=1S/C27H28N2O7/c1-5-16-9-11-17(12-10-16)15-35-20-8-6-7-18-22(20)25(33)28(23(18)31)19-13-14-21(30)29(24(19)32)26(34)36-27(2,3)4/h6-12,19H,5,13-15H2,1-4H3. The molecule has 5 amide bonds. The van der Waals surface area contributed by atoms with Gasteiger partial charge in [-0.3, -0.25) is 24.1 Å². The Labute approximate surface area is 209 Å². The second kappa shape index (κ2) is 9.56. The predicted octanol–water partition coefficient (Wildman–Crippen LogP) is 3.88. The van der Waals surface area contributed by atoms with Crippen molar-refractivity contribution in [1.82, 2.24) is 9.80 Å². The van der Waals surface area contributed by atoms with Crippen LogP contribution in [0.4, 0.5) is 4.79 Å². The molecule has 0 aliphatic carbocycles. The minimum atomic E-state index is -1.31. The lowest BCUT2D eigenvalue weighted by Crippen LogP contribution is -2.58. The van der Waals surface area contributed by atoms with Gasteiger partial charge >= 0.3 is 6.09 Å². The quantitative estimate of drug-likeness (QED) is 0.583. The second-order valence-corrected chi connectivity index (χ2v) is 9.72. The average Bonchev–Trinajstić information content (AvgIpc) is 3.07. The van der Waals surface area contributed by atoms with E-state index in [-0.39, 0.29) is 36.3 Å². The zero-order valence-corrected chi connectivity index (χ0v) is 20.7. The number of amides is 5. The number of rotatable bonds is 5. The number of carbonyl (C=O) groups excluding carboxylic acids is 5. The maximum atomic E-state index is 13.4. The number of hydrogen-bond donors (Lipinski definition) is 0. The number of fused-ring (bicyclic) bond motifs is 1.